The van der Waals surface area contributed by atoms with Crippen LogP contribution >= 0.6 is 0 Å². The summed E-state index contributed by atoms with van der Waals surface area (Å²) in [6.07, 6.45) is 3.93. The maximum absolute atomic E-state index is 12.3. The van der Waals surface area contributed by atoms with Gasteiger partial charge in [-0.05, 0) is 31.0 Å². The molecule has 1 aliphatic rings. The number of carbonyl (C=O) groups excluding carboxylic acids is 2. The van der Waals surface area contributed by atoms with Gasteiger partial charge in [-0.15, -0.1) is 0 Å². The summed E-state index contributed by atoms with van der Waals surface area (Å²) >= 11 is 0. The lowest BCUT2D eigenvalue weighted by Gasteiger charge is -2.22. The molecule has 1 saturated carbocycles. The van der Waals surface area contributed by atoms with Gasteiger partial charge in [0.05, 0.1) is 23.1 Å². The lowest BCUT2D eigenvalue weighted by atomic mass is 9.98. The number of ether oxygens (including phenoxy) is 1. The van der Waals surface area contributed by atoms with Crippen molar-refractivity contribution < 1.29 is 22.7 Å². The third-order valence-corrected chi connectivity index (χ3v) is 5.05. The maximum Gasteiger partial charge on any atom is 0.337 e. The predicted molar refractivity (Wildman–Crippen MR) is 84.9 cm³/mol. The van der Waals surface area contributed by atoms with Crippen molar-refractivity contribution in [1.82, 2.24) is 0 Å². The smallest absolute Gasteiger partial charge is 0.337 e. The minimum atomic E-state index is -3.55. The van der Waals surface area contributed by atoms with Crippen LogP contribution in [0.5, 0.6) is 0 Å². The number of carbonyl (C=O) groups is 2. The highest BCUT2D eigenvalue weighted by Gasteiger charge is 2.37. The van der Waals surface area contributed by atoms with Crippen LogP contribution in [0.25, 0.3) is 0 Å². The second-order valence-corrected chi connectivity index (χ2v) is 7.84. The molecule has 0 saturated heterocycles. The summed E-state index contributed by atoms with van der Waals surface area (Å²) in [5.41, 5.74) is 5.37. The zero-order chi connectivity index (χ0) is 17.3. The molecule has 126 valence electrons. The lowest BCUT2D eigenvalue weighted by molar-refractivity contribution is -0.121. The van der Waals surface area contributed by atoms with E-state index in [1.165, 1.54) is 25.3 Å². The first-order valence-corrected chi connectivity index (χ1v) is 9.09. The van der Waals surface area contributed by atoms with Gasteiger partial charge in [0.15, 0.2) is 9.84 Å². The second kappa shape index (κ2) is 6.29. The fraction of sp³-hybridized carbons (Fsp3) is 0.467. The summed E-state index contributed by atoms with van der Waals surface area (Å²) < 4.78 is 28.1. The van der Waals surface area contributed by atoms with Gasteiger partial charge in [0.1, 0.15) is 0 Å². The Morgan fingerprint density at radius 2 is 1.83 bits per heavy atom. The van der Waals surface area contributed by atoms with Crippen molar-refractivity contribution in [2.45, 2.75) is 36.1 Å². The Morgan fingerprint density at radius 1 is 1.22 bits per heavy atom. The molecule has 23 heavy (non-hydrogen) atoms. The van der Waals surface area contributed by atoms with E-state index in [1.807, 2.05) is 0 Å². The Bertz CT molecular complexity index is 736. The third-order valence-electron chi connectivity index (χ3n) is 3.96. The number of hydrogen-bond acceptors (Lipinski definition) is 6. The summed E-state index contributed by atoms with van der Waals surface area (Å²) in [5, 5.41) is 2.62. The zero-order valence-corrected chi connectivity index (χ0v) is 13.9. The van der Waals surface area contributed by atoms with Crippen LogP contribution in [0.4, 0.5) is 5.69 Å². The fourth-order valence-electron chi connectivity index (χ4n) is 2.61. The molecule has 1 aliphatic carbocycles. The molecular formula is C15H20N2O5S. The Morgan fingerprint density at radius 3 is 2.35 bits per heavy atom. The number of nitrogens with two attached hydrogens (primary N) is 1. The molecule has 7 nitrogen and oxygen atoms in total. The summed E-state index contributed by atoms with van der Waals surface area (Å²) in [6.45, 7) is 0. The van der Waals surface area contributed by atoms with Gasteiger partial charge in [-0.2, -0.15) is 0 Å². The first-order chi connectivity index (χ1) is 10.7. The van der Waals surface area contributed by atoms with Crippen LogP contribution in [0.15, 0.2) is 23.1 Å². The number of benzene rings is 1. The number of amides is 1. The van der Waals surface area contributed by atoms with Crippen molar-refractivity contribution in [3.05, 3.63) is 23.8 Å². The first-order valence-electron chi connectivity index (χ1n) is 7.19. The number of nitrogens with one attached hydrogen (secondary N) is 1. The highest BCUT2D eigenvalue weighted by Crippen LogP contribution is 2.29. The van der Waals surface area contributed by atoms with Crippen LogP contribution in [0, 0.1) is 0 Å². The van der Waals surface area contributed by atoms with Crippen LogP contribution in [0.3, 0.4) is 0 Å². The van der Waals surface area contributed by atoms with E-state index in [2.05, 4.69) is 10.1 Å². The maximum atomic E-state index is 12.3. The molecule has 3 N–H and O–H groups in total. The molecule has 0 spiro atoms. The van der Waals surface area contributed by atoms with E-state index in [9.17, 15) is 18.0 Å². The molecule has 0 aliphatic heterocycles. The van der Waals surface area contributed by atoms with E-state index in [0.717, 1.165) is 19.1 Å². The lowest BCUT2D eigenvalue weighted by Crippen LogP contribution is -2.48. The number of methoxy groups -OCH3 is 1. The van der Waals surface area contributed by atoms with E-state index in [4.69, 9.17) is 5.73 Å². The largest absolute Gasteiger partial charge is 0.465 e. The van der Waals surface area contributed by atoms with E-state index in [1.54, 1.807) is 0 Å². The van der Waals surface area contributed by atoms with Crippen LogP contribution in [-0.4, -0.2) is 39.2 Å². The molecule has 1 aromatic carbocycles. The van der Waals surface area contributed by atoms with Crippen LogP contribution < -0.4 is 11.1 Å². The molecule has 0 bridgehead atoms. The van der Waals surface area contributed by atoms with Crippen molar-refractivity contribution in [2.24, 2.45) is 5.73 Å². The average molecular weight is 340 g/mol. The zero-order valence-electron chi connectivity index (χ0n) is 13.1. The van der Waals surface area contributed by atoms with Gasteiger partial charge >= 0.3 is 5.97 Å². The Hall–Kier alpha value is -1.93. The van der Waals surface area contributed by atoms with Gasteiger partial charge in [-0.25, -0.2) is 13.2 Å². The number of anilines is 1. The molecule has 1 fully saturated rings. The molecule has 2 rings (SSSR count). The number of hydrogen-bond donors (Lipinski definition) is 2. The van der Waals surface area contributed by atoms with Crippen LogP contribution in [0.1, 0.15) is 36.0 Å². The molecule has 0 atom stereocenters. The quantitative estimate of drug-likeness (QED) is 0.793. The standard InChI is InChI=1S/C15H20N2O5S/c1-22-13(18)10-7-11(9-12(8-10)23(2,20)21)17-14(19)15(16)5-3-4-6-15/h7-9H,3-6,16H2,1-2H3,(H,17,19). The number of esters is 1. The molecule has 0 radical (unpaired) electrons. The van der Waals surface area contributed by atoms with E-state index >= 15 is 0 Å². The second-order valence-electron chi connectivity index (χ2n) is 5.83. The number of rotatable bonds is 4. The van der Waals surface area contributed by atoms with Gasteiger partial charge in [0, 0.05) is 11.9 Å². The monoisotopic (exact) mass is 340 g/mol. The minimum Gasteiger partial charge on any atom is -0.465 e. The molecule has 0 aromatic heterocycles. The van der Waals surface area contributed by atoms with E-state index in [0.29, 0.717) is 12.8 Å². The topological polar surface area (TPSA) is 116 Å². The van der Waals surface area contributed by atoms with Crippen molar-refractivity contribution >= 4 is 27.4 Å². The molecular weight excluding hydrogens is 320 g/mol. The minimum absolute atomic E-state index is 0.0446. The van der Waals surface area contributed by atoms with Crippen molar-refractivity contribution in [3.8, 4) is 0 Å². The van der Waals surface area contributed by atoms with Gasteiger partial charge in [-0.1, -0.05) is 12.8 Å². The SMILES string of the molecule is COC(=O)c1cc(NC(=O)C2(N)CCCC2)cc(S(C)(=O)=O)c1. The normalized spacial score (nSPS) is 16.8. The predicted octanol–water partition coefficient (Wildman–Crippen LogP) is 1.09. The Kier molecular flexibility index (Phi) is 4.76. The third kappa shape index (κ3) is 3.89. The van der Waals surface area contributed by atoms with Gasteiger partial charge in [0.2, 0.25) is 5.91 Å². The van der Waals surface area contributed by atoms with Crippen molar-refractivity contribution in [1.29, 1.82) is 0 Å². The summed E-state index contributed by atoms with van der Waals surface area (Å²) in [5.74, 6) is -1.06. The van der Waals surface area contributed by atoms with Gasteiger partial charge in [-0.3, -0.25) is 4.79 Å². The Balaban J connectivity index is 2.37. The summed E-state index contributed by atoms with van der Waals surface area (Å²) in [6, 6.07) is 3.89. The van der Waals surface area contributed by atoms with Gasteiger partial charge in [0.25, 0.3) is 0 Å². The number of sulfone groups is 1. The van der Waals surface area contributed by atoms with Crippen LogP contribution in [0.2, 0.25) is 0 Å². The van der Waals surface area contributed by atoms with Crippen LogP contribution in [-0.2, 0) is 19.4 Å². The average Bonchev–Trinajstić information content (AvgIpc) is 2.93. The van der Waals surface area contributed by atoms with E-state index in [-0.39, 0.29) is 22.1 Å². The summed E-state index contributed by atoms with van der Waals surface area (Å²) in [4.78, 5) is 24.0. The fourth-order valence-corrected chi connectivity index (χ4v) is 3.29. The Labute approximate surface area is 135 Å². The first kappa shape index (κ1) is 17.4. The molecule has 1 amide bonds. The van der Waals surface area contributed by atoms with Gasteiger partial charge < -0.3 is 15.8 Å². The van der Waals surface area contributed by atoms with E-state index < -0.39 is 21.3 Å². The molecule has 1 aromatic rings. The molecule has 0 heterocycles. The highest BCUT2D eigenvalue weighted by molar-refractivity contribution is 7.90. The van der Waals surface area contributed by atoms with Crippen molar-refractivity contribution in [2.75, 3.05) is 18.7 Å². The highest BCUT2D eigenvalue weighted by atomic mass is 32.2. The molecule has 0 unspecified atom stereocenters. The molecule has 8 heteroatoms. The summed E-state index contributed by atoms with van der Waals surface area (Å²) in [7, 11) is -2.35. The van der Waals surface area contributed by atoms with Crippen molar-refractivity contribution in [3.63, 3.8) is 0 Å².